The number of ether oxygens (including phenoxy) is 1. The molecule has 4 N–H and O–H groups in total. The molecule has 0 aliphatic rings. The molecule has 38 heavy (non-hydrogen) atoms. The van der Waals surface area contributed by atoms with E-state index in [9.17, 15) is 9.90 Å². The first-order chi connectivity index (χ1) is 18.2. The van der Waals surface area contributed by atoms with Gasteiger partial charge in [0.05, 0.1) is 11.2 Å². The van der Waals surface area contributed by atoms with Crippen molar-refractivity contribution < 1.29 is 19.2 Å². The summed E-state index contributed by atoms with van der Waals surface area (Å²) in [5, 5.41) is 22.1. The van der Waals surface area contributed by atoms with E-state index < -0.39 is 12.1 Å². The van der Waals surface area contributed by atoms with Gasteiger partial charge in [-0.2, -0.15) is 0 Å². The van der Waals surface area contributed by atoms with Crippen LogP contribution in [0.1, 0.15) is 26.5 Å². The number of rotatable bonds is 8. The van der Waals surface area contributed by atoms with Gasteiger partial charge in [-0.25, -0.2) is 14.8 Å². The van der Waals surface area contributed by atoms with Crippen molar-refractivity contribution >= 4 is 44.2 Å². The quantitative estimate of drug-likeness (QED) is 0.228. The molecule has 0 radical (unpaired) electrons. The van der Waals surface area contributed by atoms with Crippen molar-refractivity contribution in [3.8, 4) is 17.1 Å². The lowest BCUT2D eigenvalue weighted by Gasteiger charge is -2.12. The zero-order valence-corrected chi connectivity index (χ0v) is 22.3. The molecule has 4 heterocycles. The van der Waals surface area contributed by atoms with E-state index >= 15 is 0 Å². The number of hydrogen-bond donors (Lipinski definition) is 4. The number of carbonyl (C=O) groups is 1. The first-order valence-electron chi connectivity index (χ1n) is 12.1. The number of nitrogens with one attached hydrogen (secondary N) is 3. The number of fused-ring (bicyclic) bond motifs is 3. The van der Waals surface area contributed by atoms with Gasteiger partial charge in [-0.05, 0) is 25.2 Å². The fraction of sp³-hybridized carbons (Fsp3) is 0.308. The highest BCUT2D eigenvalue weighted by atomic mass is 32.1. The third-order valence-electron chi connectivity index (χ3n) is 5.73. The maximum Gasteiger partial charge on any atom is 0.324 e. The molecule has 4 aromatic heterocycles. The van der Waals surface area contributed by atoms with E-state index in [4.69, 9.17) is 14.2 Å². The Hall–Kier alpha value is -4.00. The van der Waals surface area contributed by atoms with Gasteiger partial charge in [0.2, 0.25) is 5.88 Å². The molecule has 11 nitrogen and oxygen atoms in total. The number of aromatic nitrogens is 4. The largest absolute Gasteiger partial charge is 0.475 e. The average Bonchev–Trinajstić information content (AvgIpc) is 3.58. The highest BCUT2D eigenvalue weighted by molar-refractivity contribution is 7.23. The molecule has 198 valence electrons. The van der Waals surface area contributed by atoms with Crippen LogP contribution in [0.2, 0.25) is 0 Å². The maximum absolute atomic E-state index is 12.4. The monoisotopic (exact) mass is 535 g/mol. The number of likely N-dealkylation sites (N-methyl/N-ethyl adjacent to an activating group) is 1. The molecule has 5 aromatic rings. The van der Waals surface area contributed by atoms with Crippen LogP contribution in [0.5, 0.6) is 5.88 Å². The highest BCUT2D eigenvalue weighted by Crippen LogP contribution is 2.30. The zero-order valence-electron chi connectivity index (χ0n) is 21.5. The Balaban J connectivity index is 1.24. The van der Waals surface area contributed by atoms with E-state index in [0.717, 1.165) is 26.6 Å². The molecule has 0 spiro atoms. The molecule has 1 aromatic carbocycles. The van der Waals surface area contributed by atoms with Gasteiger partial charge in [0.25, 0.3) is 0 Å². The van der Waals surface area contributed by atoms with Gasteiger partial charge in [-0.15, -0.1) is 0 Å². The number of nitrogens with zero attached hydrogens (tertiary/aromatic N) is 4. The number of hydrogen-bond acceptors (Lipinski definition) is 9. The predicted molar refractivity (Wildman–Crippen MR) is 147 cm³/mol. The fourth-order valence-corrected chi connectivity index (χ4v) is 4.73. The molecule has 0 saturated heterocycles. The first-order valence-corrected chi connectivity index (χ1v) is 12.9. The van der Waals surface area contributed by atoms with E-state index in [-0.39, 0.29) is 12.0 Å². The number of imidazole rings is 1. The van der Waals surface area contributed by atoms with Gasteiger partial charge in [-0.3, -0.25) is 9.72 Å². The zero-order chi connectivity index (χ0) is 26.9. The van der Waals surface area contributed by atoms with Gasteiger partial charge in [0, 0.05) is 41.5 Å². The maximum atomic E-state index is 12.4. The SMILES string of the molecule is CNCC(O)COc1ccc2c(n1)sc1nc(-c3ccc(NC(=O)Nc4cc(C(C)(C)C)on4)cc3)cn12. The number of amides is 2. The van der Waals surface area contributed by atoms with E-state index in [0.29, 0.717) is 29.7 Å². The molecule has 5 rings (SSSR count). The lowest BCUT2D eigenvalue weighted by molar-refractivity contribution is 0.106. The third kappa shape index (κ3) is 5.62. The second-order valence-electron chi connectivity index (χ2n) is 9.86. The number of thiazole rings is 1. The lowest BCUT2D eigenvalue weighted by Crippen LogP contribution is -2.29. The van der Waals surface area contributed by atoms with E-state index in [1.807, 2.05) is 61.7 Å². The second-order valence-corrected chi connectivity index (χ2v) is 10.8. The van der Waals surface area contributed by atoms with E-state index in [1.54, 1.807) is 19.2 Å². The average molecular weight is 536 g/mol. The Morgan fingerprint density at radius 3 is 2.66 bits per heavy atom. The van der Waals surface area contributed by atoms with Crippen LogP contribution >= 0.6 is 11.3 Å². The van der Waals surface area contributed by atoms with E-state index in [2.05, 4.69) is 26.1 Å². The molecule has 0 aliphatic heterocycles. The summed E-state index contributed by atoms with van der Waals surface area (Å²) in [5.74, 6) is 1.51. The van der Waals surface area contributed by atoms with E-state index in [1.165, 1.54) is 11.3 Å². The van der Waals surface area contributed by atoms with Crippen molar-refractivity contribution in [3.63, 3.8) is 0 Å². The summed E-state index contributed by atoms with van der Waals surface area (Å²) in [5.41, 5.74) is 3.08. The molecular formula is C26H29N7O4S. The number of anilines is 2. The number of aliphatic hydroxyl groups is 1. The lowest BCUT2D eigenvalue weighted by atomic mass is 9.93. The predicted octanol–water partition coefficient (Wildman–Crippen LogP) is 4.50. The van der Waals surface area contributed by atoms with Gasteiger partial charge >= 0.3 is 6.03 Å². The Labute approximate surface area is 222 Å². The first kappa shape index (κ1) is 25.6. The standard InChI is InChI=1S/C26H29N7O4S/c1-26(2,3)20-11-21(32-37-20)30-24(35)28-16-7-5-15(6-8-16)18-13-33-19-9-10-22(36-14-17(34)12-27-4)31-23(19)38-25(33)29-18/h5-11,13,17,27,34H,12,14H2,1-4H3,(H2,28,30,32,35). The molecule has 0 fully saturated rings. The Kier molecular flexibility index (Phi) is 7.02. The summed E-state index contributed by atoms with van der Waals surface area (Å²) in [4.78, 5) is 23.3. The molecule has 1 unspecified atom stereocenters. The number of pyridine rings is 1. The minimum Gasteiger partial charge on any atom is -0.475 e. The van der Waals surface area contributed by atoms with Gasteiger partial charge < -0.3 is 25.0 Å². The molecular weight excluding hydrogens is 506 g/mol. The van der Waals surface area contributed by atoms with Crippen molar-refractivity contribution in [3.05, 3.63) is 54.4 Å². The van der Waals surface area contributed by atoms with Crippen LogP contribution in [-0.4, -0.2) is 57.0 Å². The van der Waals surface area contributed by atoms with Gasteiger partial charge in [-0.1, -0.05) is 49.4 Å². The van der Waals surface area contributed by atoms with Crippen LogP contribution in [0.25, 0.3) is 26.6 Å². The Bertz CT molecular complexity index is 1570. The molecule has 0 bridgehead atoms. The minimum atomic E-state index is -0.605. The number of aliphatic hydroxyl groups excluding tert-OH is 1. The number of urea groups is 1. The smallest absolute Gasteiger partial charge is 0.324 e. The highest BCUT2D eigenvalue weighted by Gasteiger charge is 2.20. The summed E-state index contributed by atoms with van der Waals surface area (Å²) in [6.07, 6.45) is 1.35. The summed E-state index contributed by atoms with van der Waals surface area (Å²) < 4.78 is 12.9. The topological polar surface area (TPSA) is 139 Å². The molecule has 2 amide bonds. The van der Waals surface area contributed by atoms with Gasteiger partial charge in [0.1, 0.15) is 23.3 Å². The minimum absolute atomic E-state index is 0.164. The molecule has 0 saturated carbocycles. The summed E-state index contributed by atoms with van der Waals surface area (Å²) in [7, 11) is 1.77. The van der Waals surface area contributed by atoms with Crippen LogP contribution in [0, 0.1) is 0 Å². The van der Waals surface area contributed by atoms with Crippen LogP contribution in [-0.2, 0) is 5.41 Å². The molecule has 0 aliphatic carbocycles. The van der Waals surface area contributed by atoms with Crippen LogP contribution in [0.4, 0.5) is 16.3 Å². The fourth-order valence-electron chi connectivity index (χ4n) is 3.76. The summed E-state index contributed by atoms with van der Waals surface area (Å²) in [6, 6.07) is 12.5. The van der Waals surface area contributed by atoms with Crippen molar-refractivity contribution in [2.24, 2.45) is 0 Å². The van der Waals surface area contributed by atoms with Crippen molar-refractivity contribution in [2.75, 3.05) is 30.8 Å². The van der Waals surface area contributed by atoms with Crippen molar-refractivity contribution in [2.45, 2.75) is 32.3 Å². The van der Waals surface area contributed by atoms with Crippen molar-refractivity contribution in [1.29, 1.82) is 0 Å². The summed E-state index contributed by atoms with van der Waals surface area (Å²) in [6.45, 7) is 6.64. The molecule has 12 heteroatoms. The summed E-state index contributed by atoms with van der Waals surface area (Å²) >= 11 is 1.46. The Morgan fingerprint density at radius 2 is 1.95 bits per heavy atom. The number of carbonyl (C=O) groups excluding carboxylic acids is 1. The second kappa shape index (κ2) is 10.4. The normalized spacial score (nSPS) is 12.7. The van der Waals surface area contributed by atoms with Gasteiger partial charge in [0.15, 0.2) is 10.8 Å². The van der Waals surface area contributed by atoms with Crippen LogP contribution in [0.15, 0.2) is 53.2 Å². The van der Waals surface area contributed by atoms with Crippen LogP contribution < -0.4 is 20.7 Å². The van der Waals surface area contributed by atoms with Crippen molar-refractivity contribution in [1.82, 2.24) is 24.8 Å². The van der Waals surface area contributed by atoms with Crippen LogP contribution in [0.3, 0.4) is 0 Å². The number of benzene rings is 1. The molecule has 1 atom stereocenters. The third-order valence-corrected chi connectivity index (χ3v) is 6.69. The Morgan fingerprint density at radius 1 is 1.16 bits per heavy atom.